The number of imidazole rings is 1. The Morgan fingerprint density at radius 1 is 1.38 bits per heavy atom. The fraction of sp³-hybridized carbons (Fsp3) is 0.478. The molecule has 0 saturated carbocycles. The minimum Gasteiger partial charge on any atom is -0.479 e. The average Bonchev–Trinajstić information content (AvgIpc) is 3.57. The van der Waals surface area contributed by atoms with Crippen LogP contribution < -0.4 is 15.6 Å². The Labute approximate surface area is 227 Å². The summed E-state index contributed by atoms with van der Waals surface area (Å²) in [5.74, 6) is -0.310. The van der Waals surface area contributed by atoms with Crippen LogP contribution in [0.4, 0.5) is 5.95 Å². The van der Waals surface area contributed by atoms with Crippen LogP contribution in [0.1, 0.15) is 31.7 Å². The Kier molecular flexibility index (Phi) is 7.59. The van der Waals surface area contributed by atoms with E-state index in [0.717, 1.165) is 16.9 Å². The number of hydrogen-bond donors (Lipinski definition) is 4. The Bertz CT molecular complexity index is 1410. The van der Waals surface area contributed by atoms with E-state index in [1.54, 1.807) is 6.92 Å². The predicted octanol–water partition coefficient (Wildman–Crippen LogP) is 1.56. The lowest BCUT2D eigenvalue weighted by Gasteiger charge is -2.27. The van der Waals surface area contributed by atoms with Gasteiger partial charge in [-0.2, -0.15) is 9.97 Å². The molecule has 0 aliphatic carbocycles. The fourth-order valence-electron chi connectivity index (χ4n) is 4.45. The van der Waals surface area contributed by atoms with Gasteiger partial charge in [-0.1, -0.05) is 41.7 Å². The quantitative estimate of drug-likeness (QED) is 0.221. The van der Waals surface area contributed by atoms with E-state index in [0.29, 0.717) is 0 Å². The summed E-state index contributed by atoms with van der Waals surface area (Å²) < 4.78 is 37.0. The van der Waals surface area contributed by atoms with Crippen molar-refractivity contribution in [1.29, 1.82) is 0 Å². The summed E-state index contributed by atoms with van der Waals surface area (Å²) in [5.41, 5.74) is 5.33. The van der Waals surface area contributed by atoms with Crippen LogP contribution >= 0.6 is 18.1 Å². The van der Waals surface area contributed by atoms with E-state index in [1.165, 1.54) is 24.9 Å². The molecule has 0 bridgehead atoms. The number of benzene rings is 1. The maximum absolute atomic E-state index is 13.3. The Morgan fingerprint density at radius 3 is 2.85 bits per heavy atom. The highest BCUT2D eigenvalue weighted by Gasteiger charge is 2.54. The predicted molar refractivity (Wildman–Crippen MR) is 141 cm³/mol. The second kappa shape index (κ2) is 10.7. The maximum atomic E-state index is 13.3. The zero-order valence-corrected chi connectivity index (χ0v) is 23.0. The van der Waals surface area contributed by atoms with E-state index >= 15 is 0 Å². The van der Waals surface area contributed by atoms with Gasteiger partial charge >= 0.3 is 12.7 Å². The van der Waals surface area contributed by atoms with Crippen LogP contribution in [0.2, 0.25) is 0 Å². The zero-order valence-electron chi connectivity index (χ0n) is 21.3. The molecule has 4 heterocycles. The molecular weight excluding hydrogens is 551 g/mol. The minimum absolute atomic E-state index is 0.0761. The summed E-state index contributed by atoms with van der Waals surface area (Å²) in [4.78, 5) is 25.0. The first-order valence-corrected chi connectivity index (χ1v) is 15.3. The topological polar surface area (TPSA) is 193 Å². The highest BCUT2D eigenvalue weighted by atomic mass is 32.7. The van der Waals surface area contributed by atoms with E-state index in [9.17, 15) is 19.6 Å². The molecule has 2 saturated heterocycles. The van der Waals surface area contributed by atoms with Crippen LogP contribution in [0.5, 0.6) is 5.88 Å². The van der Waals surface area contributed by atoms with Crippen molar-refractivity contribution in [3.8, 4) is 5.88 Å². The second-order valence-electron chi connectivity index (χ2n) is 9.37. The number of carbonyl (C=O) groups is 1. The van der Waals surface area contributed by atoms with Gasteiger partial charge in [-0.15, -0.1) is 0 Å². The third kappa shape index (κ3) is 5.35. The van der Waals surface area contributed by atoms with Crippen LogP contribution in [0.15, 0.2) is 36.7 Å². The monoisotopic (exact) mass is 580 g/mol. The minimum atomic E-state index is -3.53. The smallest absolute Gasteiger partial charge is 0.327 e. The van der Waals surface area contributed by atoms with E-state index < -0.39 is 48.9 Å². The van der Waals surface area contributed by atoms with Gasteiger partial charge in [-0.25, -0.2) is 10.1 Å². The van der Waals surface area contributed by atoms with Gasteiger partial charge in [-0.3, -0.25) is 13.9 Å². The molecule has 0 radical (unpaired) electrons. The Balaban J connectivity index is 1.23. The molecule has 3 unspecified atom stereocenters. The van der Waals surface area contributed by atoms with Crippen molar-refractivity contribution in [1.82, 2.24) is 24.6 Å². The number of esters is 1. The van der Waals surface area contributed by atoms with E-state index in [1.807, 2.05) is 30.3 Å². The van der Waals surface area contributed by atoms with Crippen molar-refractivity contribution in [2.24, 2.45) is 0 Å². The summed E-state index contributed by atoms with van der Waals surface area (Å²) in [6.45, 7) is -0.719. The van der Waals surface area contributed by atoms with E-state index in [-0.39, 0.29) is 35.4 Å². The van der Waals surface area contributed by atoms with Crippen LogP contribution in [-0.4, -0.2) is 79.0 Å². The van der Waals surface area contributed by atoms with Gasteiger partial charge in [0.05, 0.1) is 20.0 Å². The fourth-order valence-corrected chi connectivity index (χ4v) is 8.33. The number of aliphatic hydroxyl groups excluding tert-OH is 1. The Morgan fingerprint density at radius 2 is 2.13 bits per heavy atom. The number of methoxy groups -OCH3 is 1. The molecule has 0 amide bonds. The van der Waals surface area contributed by atoms with Crippen LogP contribution in [-0.2, 0) is 23.4 Å². The molecule has 2 aliphatic rings. The molecule has 2 aromatic heterocycles. The normalized spacial score (nSPS) is 31.4. The van der Waals surface area contributed by atoms with Gasteiger partial charge in [0.25, 0.3) is 0 Å². The number of ether oxygens (including phenoxy) is 3. The first-order chi connectivity index (χ1) is 18.5. The number of nitrogen functional groups attached to an aromatic ring is 1. The molecule has 16 heteroatoms. The first-order valence-electron chi connectivity index (χ1n) is 12.0. The first kappa shape index (κ1) is 27.8. The summed E-state index contributed by atoms with van der Waals surface area (Å²) in [6, 6.07) is 8.43. The van der Waals surface area contributed by atoms with Crippen molar-refractivity contribution in [2.45, 2.75) is 50.0 Å². The summed E-state index contributed by atoms with van der Waals surface area (Å²) in [7, 11) is 1.41. The largest absolute Gasteiger partial charge is 0.479 e. The third-order valence-electron chi connectivity index (χ3n) is 6.59. The molecule has 210 valence electrons. The molecule has 2 aliphatic heterocycles. The van der Waals surface area contributed by atoms with Gasteiger partial charge in [0, 0.05) is 5.75 Å². The molecule has 2 fully saturated rings. The highest BCUT2D eigenvalue weighted by molar-refractivity contribution is 8.56. The second-order valence-corrected chi connectivity index (χ2v) is 13.7. The van der Waals surface area contributed by atoms with Gasteiger partial charge in [0.1, 0.15) is 30.0 Å². The lowest BCUT2D eigenvalue weighted by atomic mass is 9.96. The number of nitrogens with zero attached hydrogens (tertiary/aromatic N) is 4. The number of nitrogens with one attached hydrogen (secondary N) is 1. The molecule has 0 spiro atoms. The summed E-state index contributed by atoms with van der Waals surface area (Å²) in [5, 5.41) is 24.7. The molecule has 5 rings (SSSR count). The molecule has 14 nitrogen and oxygen atoms in total. The van der Waals surface area contributed by atoms with Crippen molar-refractivity contribution in [3.05, 3.63) is 42.2 Å². The molecule has 7 atom stereocenters. The van der Waals surface area contributed by atoms with Crippen molar-refractivity contribution in [3.63, 3.8) is 0 Å². The number of carbonyl (C=O) groups excluding carboxylic acids is 1. The van der Waals surface area contributed by atoms with Gasteiger partial charge in [0.2, 0.25) is 11.8 Å². The van der Waals surface area contributed by atoms with Gasteiger partial charge < -0.3 is 34.7 Å². The lowest BCUT2D eigenvalue weighted by molar-refractivity contribution is -0.150. The van der Waals surface area contributed by atoms with Gasteiger partial charge in [0.15, 0.2) is 17.4 Å². The maximum Gasteiger partial charge on any atom is 0.327 e. The van der Waals surface area contributed by atoms with Crippen molar-refractivity contribution >= 4 is 41.2 Å². The number of anilines is 1. The number of rotatable bonds is 8. The molecule has 3 aromatic rings. The number of nitrogens with two attached hydrogens (primary N) is 1. The van der Waals surface area contributed by atoms with E-state index in [2.05, 4.69) is 20.0 Å². The molecular formula is C23H29N6O8PS. The third-order valence-corrected chi connectivity index (χ3v) is 10.6. The number of aliphatic hydroxyl groups is 2. The number of hydrogen-bond acceptors (Lipinski definition) is 13. The van der Waals surface area contributed by atoms with Crippen LogP contribution in [0.3, 0.4) is 0 Å². The van der Waals surface area contributed by atoms with Crippen LogP contribution in [0, 0.1) is 0 Å². The van der Waals surface area contributed by atoms with Crippen molar-refractivity contribution < 1.29 is 38.3 Å². The zero-order chi connectivity index (χ0) is 27.9. The molecule has 5 N–H and O–H groups in total. The molecule has 39 heavy (non-hydrogen) atoms. The van der Waals surface area contributed by atoms with E-state index in [4.69, 9.17) is 24.5 Å². The average molecular weight is 581 g/mol. The number of aromatic nitrogens is 4. The number of fused-ring (bicyclic) bond motifs is 1. The van der Waals surface area contributed by atoms with Gasteiger partial charge in [-0.05, 0) is 19.4 Å². The lowest BCUT2D eigenvalue weighted by Crippen LogP contribution is -2.44. The highest BCUT2D eigenvalue weighted by Crippen LogP contribution is 2.61. The Hall–Kier alpha value is -2.78. The summed E-state index contributed by atoms with van der Waals surface area (Å²) in [6.07, 6.45) is -2.75. The standard InChI is InChI=1S/C23H29N6O8PS/c1-12(13-7-5-4-6-8-13)36-20(31)14-10-39-38(33,28-14)35-9-15-17(30)23(2,32)21(37-15)29-11-25-16-18(29)26-22(24)27-19(16)34-3/h4-8,11-12,14-15,17,21,30,32H,9-10H2,1-3H3,(H,28,33)(H2,24,26,27)/t12-,14+,15?,17-,21?,23-,38?/m1/s1. The van der Waals surface area contributed by atoms with Crippen molar-refractivity contribution in [2.75, 3.05) is 25.2 Å². The van der Waals surface area contributed by atoms with Crippen LogP contribution in [0.25, 0.3) is 11.2 Å². The SMILES string of the molecule is COc1nc(N)nc2c1ncn2C1OC(COP2(=O)N[C@H](C(=O)O[C@H](C)c3ccccc3)CS2)[C@@H](O)[C@@]1(C)O. The molecule has 1 aromatic carbocycles. The summed E-state index contributed by atoms with van der Waals surface area (Å²) >= 11 is 0.956.